The van der Waals surface area contributed by atoms with Gasteiger partial charge in [0.1, 0.15) is 18.2 Å². The van der Waals surface area contributed by atoms with Crippen molar-refractivity contribution in [1.29, 1.82) is 0 Å². The lowest BCUT2D eigenvalue weighted by Crippen LogP contribution is -2.40. The summed E-state index contributed by atoms with van der Waals surface area (Å²) in [5, 5.41) is 19.0. The lowest BCUT2D eigenvalue weighted by Gasteiger charge is -2.32. The number of anilines is 3. The van der Waals surface area contributed by atoms with E-state index in [0.29, 0.717) is 34.9 Å². The van der Waals surface area contributed by atoms with E-state index in [-0.39, 0.29) is 43.6 Å². The lowest BCUT2D eigenvalue weighted by atomic mass is 10.0. The van der Waals surface area contributed by atoms with Crippen molar-refractivity contribution in [1.82, 2.24) is 4.90 Å². The summed E-state index contributed by atoms with van der Waals surface area (Å²) in [4.78, 5) is 2.70. The number of nitrogens with zero attached hydrogens (tertiary/aromatic N) is 1. The van der Waals surface area contributed by atoms with Crippen LogP contribution in [0.3, 0.4) is 0 Å². The van der Waals surface area contributed by atoms with Gasteiger partial charge in [-0.2, -0.15) is 13.2 Å². The molecule has 0 amide bonds. The fourth-order valence-electron chi connectivity index (χ4n) is 5.14. The molecule has 0 bridgehead atoms. The Morgan fingerprint density at radius 2 is 1.80 bits per heavy atom. The summed E-state index contributed by atoms with van der Waals surface area (Å²) in [7, 11) is 3.22. The van der Waals surface area contributed by atoms with Crippen LogP contribution in [0.4, 0.5) is 34.6 Å². The Kier molecular flexibility index (Phi) is 13.0. The van der Waals surface area contributed by atoms with E-state index in [1.165, 1.54) is 30.6 Å². The van der Waals surface area contributed by atoms with Crippen molar-refractivity contribution in [2.75, 3.05) is 89.3 Å². The first-order valence-corrected chi connectivity index (χ1v) is 15.7. The highest BCUT2D eigenvalue weighted by Gasteiger charge is 2.31. The van der Waals surface area contributed by atoms with E-state index in [1.807, 2.05) is 6.07 Å². The van der Waals surface area contributed by atoms with Gasteiger partial charge in [-0.05, 0) is 29.9 Å². The van der Waals surface area contributed by atoms with Gasteiger partial charge >= 0.3 is 6.18 Å². The molecule has 8 nitrogen and oxygen atoms in total. The van der Waals surface area contributed by atoms with Crippen LogP contribution in [-0.4, -0.2) is 95.6 Å². The molecule has 4 rings (SSSR count). The van der Waals surface area contributed by atoms with Crippen molar-refractivity contribution in [3.8, 4) is 17.6 Å². The molecule has 3 aromatic rings. The maximum absolute atomic E-state index is 14.7. The van der Waals surface area contributed by atoms with E-state index >= 15 is 0 Å². The summed E-state index contributed by atoms with van der Waals surface area (Å²) in [6, 6.07) is 8.34. The number of fused-ring (bicyclic) bond motifs is 1. The molecule has 2 heterocycles. The number of piperidine rings is 1. The number of likely N-dealkylation sites (tertiary alicyclic amines) is 1. The molecule has 0 atom stereocenters. The molecule has 1 aromatic heterocycles. The first kappa shape index (κ1) is 34.6. The first-order valence-electron chi connectivity index (χ1n) is 14.8. The second-order valence-electron chi connectivity index (χ2n) is 10.6. The molecule has 0 unspecified atom stereocenters. The summed E-state index contributed by atoms with van der Waals surface area (Å²) in [6.07, 6.45) is -3.64. The van der Waals surface area contributed by atoms with Crippen molar-refractivity contribution in [2.24, 2.45) is 0 Å². The van der Waals surface area contributed by atoms with Crippen molar-refractivity contribution < 1.29 is 36.9 Å². The second kappa shape index (κ2) is 16.9. The maximum atomic E-state index is 14.7. The topological polar surface area (TPSA) is 87.2 Å². The molecular formula is C32H40F4N4O4S. The number of hydrogen-bond acceptors (Lipinski definition) is 9. The number of rotatable bonds is 15. The van der Waals surface area contributed by atoms with E-state index in [9.17, 15) is 17.6 Å². The molecule has 2 aromatic carbocycles. The number of benzene rings is 2. The average molecular weight is 653 g/mol. The molecule has 4 N–H and O–H groups in total. The predicted octanol–water partition coefficient (Wildman–Crippen LogP) is 5.56. The summed E-state index contributed by atoms with van der Waals surface area (Å²) in [6.45, 7) is 3.97. The minimum Gasteiger partial charge on any atom is -0.489 e. The fourth-order valence-corrected chi connectivity index (χ4v) is 6.31. The Bertz CT molecular complexity index is 1450. The van der Waals surface area contributed by atoms with Gasteiger partial charge in [0.2, 0.25) is 0 Å². The van der Waals surface area contributed by atoms with Crippen LogP contribution < -0.4 is 20.7 Å². The Labute approximate surface area is 265 Å². The number of halogens is 4. The fraction of sp³-hybridized carbons (Fsp3) is 0.500. The van der Waals surface area contributed by atoms with E-state index in [2.05, 4.69) is 32.7 Å². The maximum Gasteiger partial charge on any atom is 0.393 e. The SMILES string of the molecule is COCCOc1cc(NCCO)c(F)cc1NCC#Cc1sc2c(NC3CCN(CCOC)CC3)cccc2c1CC(F)(F)F. The molecule has 1 aliphatic heterocycles. The predicted molar refractivity (Wildman–Crippen MR) is 171 cm³/mol. The van der Waals surface area contributed by atoms with Gasteiger partial charge in [0.25, 0.3) is 0 Å². The van der Waals surface area contributed by atoms with Crippen molar-refractivity contribution in [3.05, 3.63) is 46.6 Å². The lowest BCUT2D eigenvalue weighted by molar-refractivity contribution is -0.126. The standard InChI is InChI=1S/C32H40F4N4O4S/c1-42-16-14-40-12-8-22(9-13-40)39-26-6-3-5-23-24(21-32(34,35)36)30(45-31(23)26)7-4-10-37-28-19-25(33)27(38-11-15-41)20-29(28)44-18-17-43-2/h3,5-6,19-20,22,37-39,41H,8-18,21H2,1-2H3. The largest absolute Gasteiger partial charge is 0.489 e. The minimum atomic E-state index is -4.40. The number of thiophene rings is 1. The van der Waals surface area contributed by atoms with Gasteiger partial charge in [-0.15, -0.1) is 11.3 Å². The number of nitrogens with one attached hydrogen (secondary N) is 3. The highest BCUT2D eigenvalue weighted by Crippen LogP contribution is 2.39. The molecule has 0 spiro atoms. The molecule has 1 saturated heterocycles. The third-order valence-corrected chi connectivity index (χ3v) is 8.56. The zero-order valence-electron chi connectivity index (χ0n) is 25.5. The summed E-state index contributed by atoms with van der Waals surface area (Å²) in [5.74, 6) is 5.64. The smallest absolute Gasteiger partial charge is 0.393 e. The Morgan fingerprint density at radius 3 is 2.51 bits per heavy atom. The van der Waals surface area contributed by atoms with E-state index in [4.69, 9.17) is 19.3 Å². The first-order chi connectivity index (χ1) is 21.7. The number of alkyl halides is 3. The Hall–Kier alpha value is -3.28. The van der Waals surface area contributed by atoms with E-state index < -0.39 is 18.4 Å². The van der Waals surface area contributed by atoms with Gasteiger partial charge in [-0.3, -0.25) is 0 Å². The van der Waals surface area contributed by atoms with Crippen molar-refractivity contribution in [2.45, 2.75) is 31.5 Å². The monoisotopic (exact) mass is 652 g/mol. The molecule has 0 aliphatic carbocycles. The van der Waals surface area contributed by atoms with Crippen LogP contribution in [-0.2, 0) is 15.9 Å². The minimum absolute atomic E-state index is 0.0376. The Morgan fingerprint density at radius 1 is 1.02 bits per heavy atom. The van der Waals surface area contributed by atoms with E-state index in [0.717, 1.165) is 42.9 Å². The quantitative estimate of drug-likeness (QED) is 0.0965. The van der Waals surface area contributed by atoms with Gasteiger partial charge in [0.15, 0.2) is 0 Å². The molecule has 1 fully saturated rings. The van der Waals surface area contributed by atoms with Crippen LogP contribution >= 0.6 is 11.3 Å². The van der Waals surface area contributed by atoms with Crippen LogP contribution in [0.2, 0.25) is 0 Å². The molecule has 1 aliphatic rings. The van der Waals surface area contributed by atoms with Crippen molar-refractivity contribution in [3.63, 3.8) is 0 Å². The van der Waals surface area contributed by atoms with Gasteiger partial charge < -0.3 is 40.2 Å². The van der Waals surface area contributed by atoms with Gasteiger partial charge in [0, 0.05) is 58.6 Å². The van der Waals surface area contributed by atoms with Gasteiger partial charge in [-0.1, -0.05) is 24.0 Å². The highest BCUT2D eigenvalue weighted by molar-refractivity contribution is 7.20. The average Bonchev–Trinajstić information content (AvgIpc) is 3.35. The van der Waals surface area contributed by atoms with Crippen molar-refractivity contribution >= 4 is 38.5 Å². The third kappa shape index (κ3) is 10.1. The van der Waals surface area contributed by atoms with Gasteiger partial charge in [-0.25, -0.2) is 4.39 Å². The molecule has 0 saturated carbocycles. The molecular weight excluding hydrogens is 612 g/mol. The molecule has 13 heteroatoms. The van der Waals surface area contributed by atoms with Gasteiger partial charge in [0.05, 0.1) is 59.4 Å². The molecule has 0 radical (unpaired) electrons. The number of hydrogen-bond donors (Lipinski definition) is 4. The highest BCUT2D eigenvalue weighted by atomic mass is 32.1. The number of aliphatic hydroxyl groups is 1. The normalized spacial score (nSPS) is 14.3. The third-order valence-electron chi connectivity index (χ3n) is 7.37. The summed E-state index contributed by atoms with van der Waals surface area (Å²) < 4.78 is 72.5. The zero-order valence-corrected chi connectivity index (χ0v) is 26.3. The van der Waals surface area contributed by atoms with Crippen LogP contribution in [0.15, 0.2) is 30.3 Å². The number of methoxy groups -OCH3 is 2. The zero-order chi connectivity index (χ0) is 32.2. The number of ether oxygens (including phenoxy) is 3. The number of aliphatic hydroxyl groups excluding tert-OH is 1. The summed E-state index contributed by atoms with van der Waals surface area (Å²) >= 11 is 1.25. The van der Waals surface area contributed by atoms with Crippen LogP contribution in [0.5, 0.6) is 5.75 Å². The van der Waals surface area contributed by atoms with Crippen LogP contribution in [0.1, 0.15) is 23.3 Å². The molecule has 246 valence electrons. The Balaban J connectivity index is 1.53. The van der Waals surface area contributed by atoms with Crippen LogP contribution in [0.25, 0.3) is 10.1 Å². The molecule has 45 heavy (non-hydrogen) atoms. The second-order valence-corrected chi connectivity index (χ2v) is 11.6. The summed E-state index contributed by atoms with van der Waals surface area (Å²) in [5.41, 5.74) is 1.46. The van der Waals surface area contributed by atoms with E-state index in [1.54, 1.807) is 19.2 Å². The van der Waals surface area contributed by atoms with Crippen LogP contribution in [0, 0.1) is 17.7 Å².